The molecule has 3 aromatic heterocycles. The fourth-order valence-electron chi connectivity index (χ4n) is 6.48. The van der Waals surface area contributed by atoms with Gasteiger partial charge in [-0.25, -0.2) is 14.8 Å². The van der Waals surface area contributed by atoms with Crippen LogP contribution in [0.25, 0.3) is 33.6 Å². The predicted octanol–water partition coefficient (Wildman–Crippen LogP) is 5.67. The molecule has 0 saturated carbocycles. The Morgan fingerprint density at radius 3 is 2.67 bits per heavy atom. The third-order valence-electron chi connectivity index (χ3n) is 8.48. The Morgan fingerprint density at radius 2 is 1.93 bits per heavy atom. The summed E-state index contributed by atoms with van der Waals surface area (Å²) in [6, 6.07) is 17.4. The van der Waals surface area contributed by atoms with E-state index < -0.39 is 11.6 Å². The van der Waals surface area contributed by atoms with Crippen molar-refractivity contribution in [1.29, 1.82) is 0 Å². The highest BCUT2D eigenvalue weighted by atomic mass is 16.5. The largest absolute Gasteiger partial charge is 0.494 e. The Kier molecular flexibility index (Phi) is 7.07. The first kappa shape index (κ1) is 28.3. The molecule has 5 aromatic rings. The standard InChI is InChI=1S/C33H36N6O4/c1-6-38-26(16-21-11-9-13-34-30(21)38)31-36-24-15-22(17-28(43-5)29(24)37(31)4)27(40)18-33(2,3)39-19-23(35-32(41)42)14-20-10-7-8-12-25(20)39/h7-13,15-17,23,35H,6,14,18-19H2,1-5H3,(H,41,42). The summed E-state index contributed by atoms with van der Waals surface area (Å²) in [7, 11) is 3.56. The van der Waals surface area contributed by atoms with Gasteiger partial charge in [0.05, 0.1) is 24.4 Å². The van der Waals surface area contributed by atoms with Crippen LogP contribution in [0.3, 0.4) is 0 Å². The molecule has 0 radical (unpaired) electrons. The number of imidazole rings is 1. The number of rotatable bonds is 8. The molecule has 0 saturated heterocycles. The number of methoxy groups -OCH3 is 1. The van der Waals surface area contributed by atoms with Crippen LogP contribution in [-0.2, 0) is 20.0 Å². The van der Waals surface area contributed by atoms with Crippen molar-refractivity contribution in [2.24, 2.45) is 7.05 Å². The van der Waals surface area contributed by atoms with Crippen LogP contribution < -0.4 is 15.0 Å². The number of hydrogen-bond donors (Lipinski definition) is 2. The number of carboxylic acid groups (broad SMARTS) is 1. The van der Waals surface area contributed by atoms with Gasteiger partial charge in [-0.3, -0.25) is 4.79 Å². The van der Waals surface area contributed by atoms with Crippen molar-refractivity contribution in [3.8, 4) is 17.3 Å². The highest BCUT2D eigenvalue weighted by Gasteiger charge is 2.36. The molecule has 1 unspecified atom stereocenters. The zero-order chi connectivity index (χ0) is 30.5. The summed E-state index contributed by atoms with van der Waals surface area (Å²) >= 11 is 0. The lowest BCUT2D eigenvalue weighted by Crippen LogP contribution is -2.55. The number of fused-ring (bicyclic) bond motifs is 3. The van der Waals surface area contributed by atoms with Gasteiger partial charge in [-0.15, -0.1) is 0 Å². The topological polar surface area (TPSA) is 115 Å². The maximum Gasteiger partial charge on any atom is 0.404 e. The van der Waals surface area contributed by atoms with Crippen LogP contribution in [0.1, 0.15) is 43.1 Å². The minimum atomic E-state index is -1.05. The van der Waals surface area contributed by atoms with E-state index in [4.69, 9.17) is 9.72 Å². The van der Waals surface area contributed by atoms with Gasteiger partial charge in [0.1, 0.15) is 16.9 Å². The molecule has 1 amide bonds. The smallest absolute Gasteiger partial charge is 0.404 e. The van der Waals surface area contributed by atoms with E-state index in [1.807, 2.05) is 67.9 Å². The fraction of sp³-hybridized carbons (Fsp3) is 0.333. The summed E-state index contributed by atoms with van der Waals surface area (Å²) in [4.78, 5) is 37.1. The van der Waals surface area contributed by atoms with Crippen LogP contribution in [0.15, 0.2) is 60.8 Å². The molecule has 1 atom stereocenters. The van der Waals surface area contributed by atoms with E-state index in [0.29, 0.717) is 29.8 Å². The number of amides is 1. The van der Waals surface area contributed by atoms with Crippen LogP contribution in [0.5, 0.6) is 5.75 Å². The maximum absolute atomic E-state index is 13.9. The first-order chi connectivity index (χ1) is 20.6. The van der Waals surface area contributed by atoms with E-state index in [1.54, 1.807) is 19.4 Å². The first-order valence-electron chi connectivity index (χ1n) is 14.5. The van der Waals surface area contributed by atoms with Crippen LogP contribution in [0.2, 0.25) is 0 Å². The van der Waals surface area contributed by atoms with Crippen molar-refractivity contribution in [3.63, 3.8) is 0 Å². The van der Waals surface area contributed by atoms with Gasteiger partial charge in [-0.05, 0) is 69.2 Å². The number of Topliss-reactive ketones (excluding diaryl/α,β-unsaturated/α-hetero) is 1. The SMILES string of the molecule is CCn1c(-c2nc3cc(C(=O)CC(C)(C)N4CC(NC(=O)O)Cc5ccccc54)cc(OC)c3n2C)cc2cccnc21. The zero-order valence-electron chi connectivity index (χ0n) is 25.1. The van der Waals surface area contributed by atoms with Crippen molar-refractivity contribution in [2.45, 2.75) is 51.7 Å². The number of para-hydroxylation sites is 1. The second-order valence-corrected chi connectivity index (χ2v) is 11.7. The molecule has 0 bridgehead atoms. The van der Waals surface area contributed by atoms with Crippen LogP contribution >= 0.6 is 0 Å². The lowest BCUT2D eigenvalue weighted by molar-refractivity contribution is 0.0955. The number of anilines is 1. The van der Waals surface area contributed by atoms with Crippen molar-refractivity contribution >= 4 is 39.6 Å². The Morgan fingerprint density at radius 1 is 1.14 bits per heavy atom. The maximum atomic E-state index is 13.9. The van der Waals surface area contributed by atoms with E-state index in [2.05, 4.69) is 32.8 Å². The molecule has 2 N–H and O–H groups in total. The van der Waals surface area contributed by atoms with Crippen LogP contribution in [-0.4, -0.2) is 61.3 Å². The molecule has 2 aromatic carbocycles. The van der Waals surface area contributed by atoms with Crippen molar-refractivity contribution < 1.29 is 19.4 Å². The minimum absolute atomic E-state index is 0.0462. The van der Waals surface area contributed by atoms with Crippen molar-refractivity contribution in [3.05, 3.63) is 71.9 Å². The number of carbonyl (C=O) groups excluding carboxylic acids is 1. The molecule has 0 fully saturated rings. The second-order valence-electron chi connectivity index (χ2n) is 11.7. The van der Waals surface area contributed by atoms with Crippen LogP contribution in [0.4, 0.5) is 10.5 Å². The number of carbonyl (C=O) groups is 2. The van der Waals surface area contributed by atoms with E-state index in [1.165, 1.54) is 0 Å². The number of benzene rings is 2. The van der Waals surface area contributed by atoms with E-state index >= 15 is 0 Å². The highest BCUT2D eigenvalue weighted by Crippen LogP contribution is 2.37. The van der Waals surface area contributed by atoms with Crippen molar-refractivity contribution in [1.82, 2.24) is 24.4 Å². The summed E-state index contributed by atoms with van der Waals surface area (Å²) in [5, 5.41) is 13.1. The lowest BCUT2D eigenvalue weighted by atomic mass is 9.87. The molecule has 0 aliphatic carbocycles. The summed E-state index contributed by atoms with van der Waals surface area (Å²) in [6.45, 7) is 7.33. The monoisotopic (exact) mass is 580 g/mol. The molecule has 4 heterocycles. The quantitative estimate of drug-likeness (QED) is 0.227. The van der Waals surface area contributed by atoms with Gasteiger partial charge in [0.25, 0.3) is 0 Å². The van der Waals surface area contributed by atoms with Crippen LogP contribution in [0, 0.1) is 0 Å². The fourth-order valence-corrected chi connectivity index (χ4v) is 6.48. The molecule has 1 aliphatic heterocycles. The molecule has 6 rings (SSSR count). The molecular formula is C33H36N6O4. The molecule has 222 valence electrons. The van der Waals surface area contributed by atoms with Gasteiger partial charge in [0.15, 0.2) is 11.6 Å². The summed E-state index contributed by atoms with van der Waals surface area (Å²) in [5.41, 5.74) is 5.32. The Bertz CT molecular complexity index is 1870. The Hall–Kier alpha value is -4.86. The third-order valence-corrected chi connectivity index (χ3v) is 8.48. The number of ketones is 1. The molecular weight excluding hydrogens is 544 g/mol. The lowest BCUT2D eigenvalue weighted by Gasteiger charge is -2.46. The number of hydrogen-bond acceptors (Lipinski definition) is 6. The van der Waals surface area contributed by atoms with Crippen molar-refractivity contribution in [2.75, 3.05) is 18.6 Å². The van der Waals surface area contributed by atoms with E-state index in [9.17, 15) is 14.7 Å². The Labute approximate surface area is 249 Å². The molecule has 0 spiro atoms. The number of pyridine rings is 1. The minimum Gasteiger partial charge on any atom is -0.494 e. The molecule has 10 heteroatoms. The predicted molar refractivity (Wildman–Crippen MR) is 167 cm³/mol. The normalized spacial score (nSPS) is 15.1. The average molecular weight is 581 g/mol. The van der Waals surface area contributed by atoms with Gasteiger partial charge in [-0.1, -0.05) is 18.2 Å². The number of aromatic nitrogens is 4. The summed E-state index contributed by atoms with van der Waals surface area (Å²) in [6.07, 6.45) is 1.56. The number of ether oxygens (including phenoxy) is 1. The van der Waals surface area contributed by atoms with Gasteiger partial charge in [-0.2, -0.15) is 0 Å². The highest BCUT2D eigenvalue weighted by molar-refractivity contribution is 6.02. The molecule has 10 nitrogen and oxygen atoms in total. The van der Waals surface area contributed by atoms with E-state index in [0.717, 1.165) is 45.9 Å². The van der Waals surface area contributed by atoms with Gasteiger partial charge < -0.3 is 29.2 Å². The zero-order valence-corrected chi connectivity index (χ0v) is 25.1. The van der Waals surface area contributed by atoms with E-state index in [-0.39, 0.29) is 18.2 Å². The van der Waals surface area contributed by atoms with Gasteiger partial charge >= 0.3 is 6.09 Å². The number of nitrogens with zero attached hydrogens (tertiary/aromatic N) is 5. The second kappa shape index (κ2) is 10.8. The number of nitrogens with one attached hydrogen (secondary N) is 1. The molecule has 1 aliphatic rings. The van der Waals surface area contributed by atoms with Gasteiger partial charge in [0, 0.05) is 54.9 Å². The number of aryl methyl sites for hydroxylation is 2. The summed E-state index contributed by atoms with van der Waals surface area (Å²) < 4.78 is 9.95. The average Bonchev–Trinajstić information content (AvgIpc) is 3.52. The first-order valence-corrected chi connectivity index (χ1v) is 14.5. The Balaban J connectivity index is 1.36. The third kappa shape index (κ3) is 4.96. The molecule has 43 heavy (non-hydrogen) atoms. The summed E-state index contributed by atoms with van der Waals surface area (Å²) in [5.74, 6) is 1.29. The van der Waals surface area contributed by atoms with Gasteiger partial charge in [0.2, 0.25) is 0 Å².